The third-order valence-electron chi connectivity index (χ3n) is 2.72. The second-order valence-corrected chi connectivity index (χ2v) is 4.03. The molecule has 0 unspecified atom stereocenters. The number of carbonyl (C=O) groups is 2. The number of hydrogen-bond acceptors (Lipinski definition) is 5. The molecule has 0 radical (unpaired) electrons. The van der Waals surface area contributed by atoms with E-state index in [0.717, 1.165) is 6.08 Å². The topological polar surface area (TPSA) is 55.8 Å². The molecule has 0 atom stereocenters. The molecule has 0 amide bonds. The van der Waals surface area contributed by atoms with E-state index in [2.05, 4.69) is 11.3 Å². The number of nitrogens with zero attached hydrogens (tertiary/aromatic N) is 1. The number of ether oxygens (including phenoxy) is 2. The molecule has 0 saturated carbocycles. The first-order valence-corrected chi connectivity index (χ1v) is 6.49. The van der Waals surface area contributed by atoms with Crippen LogP contribution in [0, 0.1) is 0 Å². The van der Waals surface area contributed by atoms with Crippen molar-refractivity contribution in [3.8, 4) is 0 Å². The van der Waals surface area contributed by atoms with E-state index < -0.39 is 18.7 Å². The summed E-state index contributed by atoms with van der Waals surface area (Å²) in [5, 5.41) is 0. The minimum absolute atomic E-state index is 0.0276. The lowest BCUT2D eigenvalue weighted by atomic mass is 10.2. The van der Waals surface area contributed by atoms with Crippen LogP contribution in [-0.2, 0) is 14.3 Å². The zero-order valence-electron chi connectivity index (χ0n) is 11.9. The Balaban J connectivity index is 2.48. The fourth-order valence-corrected chi connectivity index (χ4v) is 1.56. The zero-order valence-corrected chi connectivity index (χ0v) is 11.9. The fraction of sp³-hybridized carbons (Fsp3) is 0.333. The predicted octanol–water partition coefficient (Wildman–Crippen LogP) is 2.33. The summed E-state index contributed by atoms with van der Waals surface area (Å²) < 4.78 is 22.3. The Kier molecular flexibility index (Phi) is 6.94. The van der Waals surface area contributed by atoms with Crippen LogP contribution in [0.4, 0.5) is 10.1 Å². The Labute approximate surface area is 123 Å². The molecule has 0 aliphatic rings. The van der Waals surface area contributed by atoms with Gasteiger partial charge in [-0.1, -0.05) is 6.58 Å². The van der Waals surface area contributed by atoms with Crippen LogP contribution in [0.15, 0.2) is 36.9 Å². The molecule has 114 valence electrons. The van der Waals surface area contributed by atoms with Crippen molar-refractivity contribution in [2.75, 3.05) is 31.5 Å². The number of esters is 2. The summed E-state index contributed by atoms with van der Waals surface area (Å²) >= 11 is 0. The molecule has 0 aromatic heterocycles. The van der Waals surface area contributed by atoms with Gasteiger partial charge in [0.1, 0.15) is 13.2 Å². The highest BCUT2D eigenvalue weighted by atomic mass is 19.1. The summed E-state index contributed by atoms with van der Waals surface area (Å²) in [6, 6.07) is 6.42. The van der Waals surface area contributed by atoms with E-state index in [1.165, 1.54) is 4.90 Å². The van der Waals surface area contributed by atoms with E-state index in [9.17, 15) is 14.0 Å². The highest BCUT2D eigenvalue weighted by Crippen LogP contribution is 2.15. The molecule has 0 bridgehead atoms. The van der Waals surface area contributed by atoms with E-state index in [1.807, 2.05) is 6.92 Å². The molecule has 0 aliphatic carbocycles. The molecule has 5 nitrogen and oxygen atoms in total. The number of halogens is 1. The van der Waals surface area contributed by atoms with Crippen LogP contribution in [0.2, 0.25) is 0 Å². The average Bonchev–Trinajstić information content (AvgIpc) is 2.52. The maximum absolute atomic E-state index is 12.7. The van der Waals surface area contributed by atoms with Crippen molar-refractivity contribution in [3.05, 3.63) is 42.5 Å². The summed E-state index contributed by atoms with van der Waals surface area (Å²) in [5.74, 6) is -1.10. The molecule has 21 heavy (non-hydrogen) atoms. The van der Waals surface area contributed by atoms with Gasteiger partial charge < -0.3 is 14.4 Å². The summed E-state index contributed by atoms with van der Waals surface area (Å²) in [6.07, 6.45) is 1.03. The van der Waals surface area contributed by atoms with E-state index >= 15 is 0 Å². The lowest BCUT2D eigenvalue weighted by Crippen LogP contribution is -2.21. The summed E-state index contributed by atoms with van der Waals surface area (Å²) in [5.41, 5.74) is 1.04. The molecule has 0 saturated heterocycles. The van der Waals surface area contributed by atoms with Gasteiger partial charge in [0, 0.05) is 18.3 Å². The van der Waals surface area contributed by atoms with Crippen molar-refractivity contribution in [1.29, 1.82) is 0 Å². The summed E-state index contributed by atoms with van der Waals surface area (Å²) in [4.78, 5) is 24.0. The van der Waals surface area contributed by atoms with Gasteiger partial charge in [0.15, 0.2) is 6.80 Å². The molecule has 0 aliphatic heterocycles. The predicted molar refractivity (Wildman–Crippen MR) is 76.9 cm³/mol. The van der Waals surface area contributed by atoms with E-state index in [1.54, 1.807) is 24.3 Å². The summed E-state index contributed by atoms with van der Waals surface area (Å²) in [7, 11) is 0. The lowest BCUT2D eigenvalue weighted by molar-refractivity contribution is -0.138. The highest BCUT2D eigenvalue weighted by Gasteiger charge is 2.09. The van der Waals surface area contributed by atoms with Gasteiger partial charge in [-0.15, -0.1) is 0 Å². The standard InChI is InChI=1S/C15H18FNO4/c1-3-14(18)20-9-10-21-15(19)12-5-7-13(8-6-12)17(4-2)11-16/h3,5-8H,1,4,9-11H2,2H3. The second kappa shape index (κ2) is 8.73. The third kappa shape index (κ3) is 5.25. The van der Waals surface area contributed by atoms with Crippen molar-refractivity contribution >= 4 is 17.6 Å². The van der Waals surface area contributed by atoms with Gasteiger partial charge in [0.25, 0.3) is 0 Å². The van der Waals surface area contributed by atoms with Crippen LogP contribution < -0.4 is 4.90 Å². The molecule has 6 heteroatoms. The Morgan fingerprint density at radius 2 is 1.86 bits per heavy atom. The Bertz CT molecular complexity index is 483. The smallest absolute Gasteiger partial charge is 0.338 e. The van der Waals surface area contributed by atoms with E-state index in [-0.39, 0.29) is 13.2 Å². The van der Waals surface area contributed by atoms with Gasteiger partial charge in [-0.05, 0) is 31.2 Å². The molecular weight excluding hydrogens is 277 g/mol. The maximum Gasteiger partial charge on any atom is 0.338 e. The lowest BCUT2D eigenvalue weighted by Gasteiger charge is -2.18. The Hall–Kier alpha value is -2.37. The van der Waals surface area contributed by atoms with Crippen LogP contribution in [0.3, 0.4) is 0 Å². The van der Waals surface area contributed by atoms with Crippen LogP contribution in [0.5, 0.6) is 0 Å². The largest absolute Gasteiger partial charge is 0.459 e. The number of alkyl halides is 1. The monoisotopic (exact) mass is 295 g/mol. The molecular formula is C15H18FNO4. The number of carbonyl (C=O) groups excluding carboxylic acids is 2. The first-order chi connectivity index (χ1) is 10.1. The average molecular weight is 295 g/mol. The van der Waals surface area contributed by atoms with Crippen molar-refractivity contribution in [1.82, 2.24) is 0 Å². The van der Waals surface area contributed by atoms with Gasteiger partial charge in [-0.25, -0.2) is 14.0 Å². The van der Waals surface area contributed by atoms with Gasteiger partial charge in [0.05, 0.1) is 5.56 Å². The highest BCUT2D eigenvalue weighted by molar-refractivity contribution is 5.89. The second-order valence-electron chi connectivity index (χ2n) is 4.03. The first-order valence-electron chi connectivity index (χ1n) is 6.49. The van der Waals surface area contributed by atoms with Crippen LogP contribution in [-0.4, -0.2) is 38.5 Å². The van der Waals surface area contributed by atoms with Gasteiger partial charge in [-0.3, -0.25) is 0 Å². The molecule has 1 aromatic carbocycles. The fourth-order valence-electron chi connectivity index (χ4n) is 1.56. The van der Waals surface area contributed by atoms with Gasteiger partial charge in [0.2, 0.25) is 0 Å². The maximum atomic E-state index is 12.7. The molecule has 1 rings (SSSR count). The number of rotatable bonds is 8. The van der Waals surface area contributed by atoms with Crippen LogP contribution in [0.1, 0.15) is 17.3 Å². The third-order valence-corrected chi connectivity index (χ3v) is 2.72. The van der Waals surface area contributed by atoms with E-state index in [0.29, 0.717) is 17.8 Å². The Morgan fingerprint density at radius 1 is 1.24 bits per heavy atom. The normalized spacial score (nSPS) is 9.81. The minimum Gasteiger partial charge on any atom is -0.459 e. The van der Waals surface area contributed by atoms with Crippen molar-refractivity contribution < 1.29 is 23.5 Å². The van der Waals surface area contributed by atoms with Gasteiger partial charge in [-0.2, -0.15) is 0 Å². The number of hydrogen-bond donors (Lipinski definition) is 0. The number of benzene rings is 1. The molecule has 0 fully saturated rings. The Morgan fingerprint density at radius 3 is 2.38 bits per heavy atom. The first kappa shape index (κ1) is 16.7. The molecule has 0 heterocycles. The SMILES string of the molecule is C=CC(=O)OCCOC(=O)c1ccc(N(CC)CF)cc1. The van der Waals surface area contributed by atoms with E-state index in [4.69, 9.17) is 4.74 Å². The molecule has 0 spiro atoms. The zero-order chi connectivity index (χ0) is 15.7. The van der Waals surface area contributed by atoms with Crippen molar-refractivity contribution in [2.45, 2.75) is 6.92 Å². The quantitative estimate of drug-likeness (QED) is 0.319. The van der Waals surface area contributed by atoms with Crippen LogP contribution >= 0.6 is 0 Å². The van der Waals surface area contributed by atoms with Crippen molar-refractivity contribution in [2.24, 2.45) is 0 Å². The summed E-state index contributed by atoms with van der Waals surface area (Å²) in [6.45, 7) is 4.97. The minimum atomic E-state index is -0.588. The number of anilines is 1. The van der Waals surface area contributed by atoms with Crippen LogP contribution in [0.25, 0.3) is 0 Å². The molecule has 0 N–H and O–H groups in total. The van der Waals surface area contributed by atoms with Gasteiger partial charge >= 0.3 is 11.9 Å². The molecule has 1 aromatic rings. The van der Waals surface area contributed by atoms with Crippen molar-refractivity contribution in [3.63, 3.8) is 0 Å².